The Bertz CT molecular complexity index is 1010. The number of primary amides is 1. The summed E-state index contributed by atoms with van der Waals surface area (Å²) in [5.41, 5.74) is 9.82. The molecule has 106 valence electrons. The van der Waals surface area contributed by atoms with Gasteiger partial charge in [-0.2, -0.15) is 0 Å². The zero-order valence-electron chi connectivity index (χ0n) is 11.7. The van der Waals surface area contributed by atoms with Gasteiger partial charge in [-0.3, -0.25) is 9.78 Å². The minimum Gasteiger partial charge on any atom is -0.366 e. The number of hydrogen-bond donors (Lipinski definition) is 2. The second-order valence-corrected chi connectivity index (χ2v) is 5.19. The van der Waals surface area contributed by atoms with E-state index in [0.717, 1.165) is 33.1 Å². The van der Waals surface area contributed by atoms with Crippen molar-refractivity contribution < 1.29 is 4.79 Å². The lowest BCUT2D eigenvalue weighted by Crippen LogP contribution is -2.10. The molecule has 0 bridgehead atoms. The molecule has 0 saturated heterocycles. The molecule has 0 radical (unpaired) electrons. The fourth-order valence-electron chi connectivity index (χ4n) is 2.85. The number of carbonyl (C=O) groups is 1. The Morgan fingerprint density at radius 3 is 2.73 bits per heavy atom. The lowest BCUT2D eigenvalue weighted by Gasteiger charge is -2.03. The fraction of sp³-hybridized carbons (Fsp3) is 0. The minimum atomic E-state index is -0.421. The van der Waals surface area contributed by atoms with Crippen LogP contribution in [0.15, 0.2) is 60.8 Å². The first-order valence-electron chi connectivity index (χ1n) is 7.00. The maximum Gasteiger partial charge on any atom is 0.249 e. The van der Waals surface area contributed by atoms with E-state index >= 15 is 0 Å². The van der Waals surface area contributed by atoms with Gasteiger partial charge in [0.15, 0.2) is 0 Å². The molecule has 2 aromatic carbocycles. The Morgan fingerprint density at radius 2 is 1.86 bits per heavy atom. The van der Waals surface area contributed by atoms with Crippen molar-refractivity contribution in [1.82, 2.24) is 9.97 Å². The molecular formula is C18H13N3O. The third-order valence-corrected chi connectivity index (χ3v) is 3.87. The second kappa shape index (κ2) is 4.70. The number of nitrogens with zero attached hydrogens (tertiary/aromatic N) is 1. The van der Waals surface area contributed by atoms with E-state index in [0.29, 0.717) is 5.56 Å². The van der Waals surface area contributed by atoms with Crippen molar-refractivity contribution in [2.45, 2.75) is 0 Å². The lowest BCUT2D eigenvalue weighted by atomic mass is 10.1. The molecule has 2 heterocycles. The number of aromatic nitrogens is 2. The van der Waals surface area contributed by atoms with E-state index in [1.54, 1.807) is 12.3 Å². The van der Waals surface area contributed by atoms with E-state index in [-0.39, 0.29) is 0 Å². The van der Waals surface area contributed by atoms with Crippen molar-refractivity contribution in [3.05, 3.63) is 66.4 Å². The molecule has 0 fully saturated rings. The van der Waals surface area contributed by atoms with E-state index in [1.807, 2.05) is 48.5 Å². The van der Waals surface area contributed by atoms with E-state index in [2.05, 4.69) is 9.97 Å². The number of amides is 1. The van der Waals surface area contributed by atoms with Crippen LogP contribution < -0.4 is 5.73 Å². The molecule has 4 heteroatoms. The third kappa shape index (κ3) is 1.85. The molecule has 3 N–H and O–H groups in total. The molecular weight excluding hydrogens is 274 g/mol. The Balaban J connectivity index is 2.01. The molecule has 2 aromatic heterocycles. The molecule has 4 nitrogen and oxygen atoms in total. The van der Waals surface area contributed by atoms with Crippen LogP contribution in [0.2, 0.25) is 0 Å². The van der Waals surface area contributed by atoms with Gasteiger partial charge in [0.25, 0.3) is 0 Å². The van der Waals surface area contributed by atoms with Crippen LogP contribution in [0.25, 0.3) is 33.1 Å². The summed E-state index contributed by atoms with van der Waals surface area (Å²) < 4.78 is 0. The highest BCUT2D eigenvalue weighted by atomic mass is 16.1. The molecule has 4 rings (SSSR count). The van der Waals surface area contributed by atoms with Gasteiger partial charge >= 0.3 is 0 Å². The number of para-hydroxylation sites is 1. The Labute approximate surface area is 126 Å². The number of carbonyl (C=O) groups excluding carboxylic acids is 1. The van der Waals surface area contributed by atoms with Gasteiger partial charge in [0.1, 0.15) is 0 Å². The summed E-state index contributed by atoms with van der Waals surface area (Å²) in [5, 5.41) is 1.91. The number of nitrogens with two attached hydrogens (primary N) is 1. The molecule has 0 saturated carbocycles. The standard InChI is InChI=1S/C18H13N3O/c19-18(22)13-5-3-7-16-14(13)10-17(21-16)12-8-9-20-15-6-2-1-4-11(12)15/h1-10,21H,(H2,19,22). The van der Waals surface area contributed by atoms with Crippen molar-refractivity contribution in [3.63, 3.8) is 0 Å². The van der Waals surface area contributed by atoms with Crippen molar-refractivity contribution >= 4 is 27.7 Å². The van der Waals surface area contributed by atoms with Crippen LogP contribution in [0.5, 0.6) is 0 Å². The number of benzene rings is 2. The van der Waals surface area contributed by atoms with Crippen LogP contribution in [0, 0.1) is 0 Å². The maximum absolute atomic E-state index is 11.6. The number of pyridine rings is 1. The highest BCUT2D eigenvalue weighted by Crippen LogP contribution is 2.30. The van der Waals surface area contributed by atoms with E-state index < -0.39 is 5.91 Å². The summed E-state index contributed by atoms with van der Waals surface area (Å²) in [4.78, 5) is 19.3. The molecule has 0 spiro atoms. The average Bonchev–Trinajstić information content (AvgIpc) is 2.97. The van der Waals surface area contributed by atoms with Crippen molar-refractivity contribution in [2.75, 3.05) is 0 Å². The maximum atomic E-state index is 11.6. The predicted molar refractivity (Wildman–Crippen MR) is 87.6 cm³/mol. The quantitative estimate of drug-likeness (QED) is 0.592. The smallest absolute Gasteiger partial charge is 0.249 e. The number of rotatable bonds is 2. The van der Waals surface area contributed by atoms with Crippen molar-refractivity contribution in [1.29, 1.82) is 0 Å². The first-order valence-corrected chi connectivity index (χ1v) is 7.00. The summed E-state index contributed by atoms with van der Waals surface area (Å²) >= 11 is 0. The molecule has 0 unspecified atom stereocenters. The van der Waals surface area contributed by atoms with Crippen LogP contribution in [0.1, 0.15) is 10.4 Å². The van der Waals surface area contributed by atoms with Gasteiger partial charge < -0.3 is 10.7 Å². The summed E-state index contributed by atoms with van der Waals surface area (Å²) in [6.45, 7) is 0. The van der Waals surface area contributed by atoms with E-state index in [4.69, 9.17) is 5.73 Å². The summed E-state index contributed by atoms with van der Waals surface area (Å²) in [7, 11) is 0. The van der Waals surface area contributed by atoms with E-state index in [9.17, 15) is 4.79 Å². The van der Waals surface area contributed by atoms with Crippen LogP contribution >= 0.6 is 0 Å². The largest absolute Gasteiger partial charge is 0.366 e. The van der Waals surface area contributed by atoms with Gasteiger partial charge in [-0.15, -0.1) is 0 Å². The SMILES string of the molecule is NC(=O)c1cccc2[nH]c(-c3ccnc4ccccc34)cc12. The first-order chi connectivity index (χ1) is 10.7. The average molecular weight is 287 g/mol. The van der Waals surface area contributed by atoms with Crippen molar-refractivity contribution in [2.24, 2.45) is 5.73 Å². The molecule has 1 amide bonds. The number of H-pyrrole nitrogens is 1. The molecule has 0 aliphatic rings. The normalized spacial score (nSPS) is 11.1. The van der Waals surface area contributed by atoms with Gasteiger partial charge in [-0.1, -0.05) is 24.3 Å². The minimum absolute atomic E-state index is 0.421. The second-order valence-electron chi connectivity index (χ2n) is 5.19. The zero-order chi connectivity index (χ0) is 15.1. The fourth-order valence-corrected chi connectivity index (χ4v) is 2.85. The summed E-state index contributed by atoms with van der Waals surface area (Å²) in [6.07, 6.45) is 1.79. The Morgan fingerprint density at radius 1 is 1.00 bits per heavy atom. The first kappa shape index (κ1) is 12.6. The summed E-state index contributed by atoms with van der Waals surface area (Å²) in [6, 6.07) is 17.4. The summed E-state index contributed by atoms with van der Waals surface area (Å²) in [5.74, 6) is -0.421. The zero-order valence-corrected chi connectivity index (χ0v) is 11.7. The topological polar surface area (TPSA) is 71.8 Å². The van der Waals surface area contributed by atoms with Gasteiger partial charge in [0.05, 0.1) is 5.52 Å². The molecule has 0 aliphatic heterocycles. The molecule has 0 atom stereocenters. The van der Waals surface area contributed by atoms with Crippen LogP contribution in [0.4, 0.5) is 0 Å². The number of aromatic amines is 1. The van der Waals surface area contributed by atoms with Gasteiger partial charge in [0.2, 0.25) is 5.91 Å². The number of nitrogens with one attached hydrogen (secondary N) is 1. The third-order valence-electron chi connectivity index (χ3n) is 3.87. The highest BCUT2D eigenvalue weighted by molar-refractivity contribution is 6.07. The number of hydrogen-bond acceptors (Lipinski definition) is 2. The number of fused-ring (bicyclic) bond motifs is 2. The monoisotopic (exact) mass is 287 g/mol. The van der Waals surface area contributed by atoms with Crippen LogP contribution in [-0.4, -0.2) is 15.9 Å². The Kier molecular flexibility index (Phi) is 2.69. The highest BCUT2D eigenvalue weighted by Gasteiger charge is 2.12. The van der Waals surface area contributed by atoms with Crippen LogP contribution in [-0.2, 0) is 0 Å². The molecule has 4 aromatic rings. The Hall–Kier alpha value is -3.14. The van der Waals surface area contributed by atoms with Crippen LogP contribution in [0.3, 0.4) is 0 Å². The van der Waals surface area contributed by atoms with Gasteiger partial charge in [-0.05, 0) is 30.3 Å². The van der Waals surface area contributed by atoms with Crippen molar-refractivity contribution in [3.8, 4) is 11.3 Å². The van der Waals surface area contributed by atoms with Gasteiger partial charge in [-0.25, -0.2) is 0 Å². The lowest BCUT2D eigenvalue weighted by molar-refractivity contribution is 0.100. The molecule has 22 heavy (non-hydrogen) atoms. The predicted octanol–water partition coefficient (Wildman–Crippen LogP) is 3.48. The van der Waals surface area contributed by atoms with Gasteiger partial charge in [0, 0.05) is 39.3 Å². The van der Waals surface area contributed by atoms with E-state index in [1.165, 1.54) is 0 Å². The molecule has 0 aliphatic carbocycles.